The molecule has 25 heavy (non-hydrogen) atoms. The highest BCUT2D eigenvalue weighted by Crippen LogP contribution is 2.51. The summed E-state index contributed by atoms with van der Waals surface area (Å²) in [5, 5.41) is 0. The molecule has 2 heterocycles. The van der Waals surface area contributed by atoms with E-state index in [4.69, 9.17) is 14.2 Å². The summed E-state index contributed by atoms with van der Waals surface area (Å²) in [4.78, 5) is 37.1. The van der Waals surface area contributed by atoms with E-state index in [2.05, 4.69) is 11.8 Å². The second kappa shape index (κ2) is 5.56. The lowest BCUT2D eigenvalue weighted by molar-refractivity contribution is -0.133. The number of Topliss-reactive ketones (excluding diaryl/α,β-unsaturated/α-hetero) is 2. The predicted molar refractivity (Wildman–Crippen MR) is 86.7 cm³/mol. The van der Waals surface area contributed by atoms with Gasteiger partial charge in [0.25, 0.3) is 0 Å². The van der Waals surface area contributed by atoms with Crippen molar-refractivity contribution in [3.63, 3.8) is 0 Å². The van der Waals surface area contributed by atoms with Crippen molar-refractivity contribution in [2.75, 3.05) is 18.6 Å². The minimum atomic E-state index is -1.32. The van der Waals surface area contributed by atoms with Gasteiger partial charge >= 0.3 is 6.16 Å². The van der Waals surface area contributed by atoms with E-state index in [0.717, 1.165) is 17.7 Å². The van der Waals surface area contributed by atoms with Crippen molar-refractivity contribution in [3.8, 4) is 5.75 Å². The molecule has 7 heteroatoms. The highest BCUT2D eigenvalue weighted by atomic mass is 16.7. The van der Waals surface area contributed by atoms with E-state index in [1.54, 1.807) is 12.1 Å². The van der Waals surface area contributed by atoms with Crippen molar-refractivity contribution in [1.29, 1.82) is 0 Å². The Labute approximate surface area is 144 Å². The smallest absolute Gasteiger partial charge is 0.415 e. The fourth-order valence-electron chi connectivity index (χ4n) is 4.00. The van der Waals surface area contributed by atoms with Gasteiger partial charge in [0.15, 0.2) is 11.6 Å². The van der Waals surface area contributed by atoms with Crippen LogP contribution in [0.1, 0.15) is 31.7 Å². The standard InChI is InChI=1S/C18H19NO6/c1-18-7-8-23-16(18)19(2)12-4-3-10(9-11(12)18)24-17(22)25-15-13(20)5-6-14(15)21/h3-4,9,15-16H,5-8H2,1-2H3/t16-,18-/m0/s1. The molecule has 4 rings (SSSR count). The van der Waals surface area contributed by atoms with Crippen LogP contribution in [-0.4, -0.2) is 43.7 Å². The van der Waals surface area contributed by atoms with Gasteiger partial charge < -0.3 is 19.1 Å². The van der Waals surface area contributed by atoms with E-state index in [0.29, 0.717) is 12.4 Å². The molecule has 1 aromatic carbocycles. The first-order valence-electron chi connectivity index (χ1n) is 8.33. The maximum absolute atomic E-state index is 11.9. The maximum atomic E-state index is 11.9. The summed E-state index contributed by atoms with van der Waals surface area (Å²) in [5.74, 6) is -0.434. The average molecular weight is 345 g/mol. The number of carbonyl (C=O) groups is 3. The Balaban J connectivity index is 1.52. The molecular weight excluding hydrogens is 326 g/mol. The molecule has 0 amide bonds. The van der Waals surface area contributed by atoms with Crippen LogP contribution in [0.15, 0.2) is 18.2 Å². The lowest BCUT2D eigenvalue weighted by Gasteiger charge is -2.26. The Morgan fingerprint density at radius 1 is 1.28 bits per heavy atom. The normalized spacial score (nSPS) is 28.2. The molecule has 3 aliphatic rings. The van der Waals surface area contributed by atoms with Crippen molar-refractivity contribution in [2.24, 2.45) is 0 Å². The molecule has 0 radical (unpaired) electrons. The summed E-state index contributed by atoms with van der Waals surface area (Å²) in [7, 11) is 1.98. The Morgan fingerprint density at radius 3 is 2.72 bits per heavy atom. The zero-order valence-corrected chi connectivity index (χ0v) is 14.1. The fraction of sp³-hybridized carbons (Fsp3) is 0.500. The van der Waals surface area contributed by atoms with Gasteiger partial charge in [-0.15, -0.1) is 0 Å². The van der Waals surface area contributed by atoms with E-state index in [9.17, 15) is 14.4 Å². The first-order valence-corrected chi connectivity index (χ1v) is 8.33. The number of likely N-dealkylation sites (N-methyl/N-ethyl adjacent to an activating group) is 1. The molecule has 2 aliphatic heterocycles. The number of ketones is 2. The largest absolute Gasteiger partial charge is 0.515 e. The lowest BCUT2D eigenvalue weighted by atomic mass is 9.82. The maximum Gasteiger partial charge on any atom is 0.515 e. The molecule has 7 nitrogen and oxygen atoms in total. The zero-order chi connectivity index (χ0) is 17.8. The lowest BCUT2D eigenvalue weighted by Crippen LogP contribution is -2.37. The number of hydrogen-bond acceptors (Lipinski definition) is 7. The number of anilines is 1. The van der Waals surface area contributed by atoms with Crippen molar-refractivity contribution in [3.05, 3.63) is 23.8 Å². The average Bonchev–Trinajstić information content (AvgIpc) is 3.17. The summed E-state index contributed by atoms with van der Waals surface area (Å²) in [6.07, 6.45) is -1.28. The molecular formula is C18H19NO6. The molecule has 0 spiro atoms. The molecule has 0 unspecified atom stereocenters. The first-order chi connectivity index (χ1) is 11.9. The number of hydrogen-bond donors (Lipinski definition) is 0. The minimum absolute atomic E-state index is 0.0292. The first kappa shape index (κ1) is 16.1. The summed E-state index contributed by atoms with van der Waals surface area (Å²) >= 11 is 0. The molecule has 0 bridgehead atoms. The predicted octanol–water partition coefficient (Wildman–Crippen LogP) is 1.96. The van der Waals surface area contributed by atoms with Crippen molar-refractivity contribution in [1.82, 2.24) is 0 Å². The van der Waals surface area contributed by atoms with Crippen LogP contribution >= 0.6 is 0 Å². The molecule has 1 aromatic rings. The molecule has 132 valence electrons. The second-order valence-electron chi connectivity index (χ2n) is 6.96. The van der Waals surface area contributed by atoms with Gasteiger partial charge in [-0.2, -0.15) is 0 Å². The zero-order valence-electron chi connectivity index (χ0n) is 14.1. The fourth-order valence-corrected chi connectivity index (χ4v) is 4.00. The molecule has 1 aliphatic carbocycles. The number of carbonyl (C=O) groups excluding carboxylic acids is 3. The third-order valence-electron chi connectivity index (χ3n) is 5.38. The Kier molecular flexibility index (Phi) is 3.57. The minimum Gasteiger partial charge on any atom is -0.415 e. The van der Waals surface area contributed by atoms with Gasteiger partial charge in [0.1, 0.15) is 12.0 Å². The highest BCUT2D eigenvalue weighted by molar-refractivity contribution is 6.12. The highest BCUT2D eigenvalue weighted by Gasteiger charge is 2.51. The number of rotatable bonds is 2. The van der Waals surface area contributed by atoms with E-state index in [-0.39, 0.29) is 36.1 Å². The van der Waals surface area contributed by atoms with Gasteiger partial charge in [-0.3, -0.25) is 9.59 Å². The number of ether oxygens (including phenoxy) is 3. The Morgan fingerprint density at radius 2 is 2.00 bits per heavy atom. The summed E-state index contributed by atoms with van der Waals surface area (Å²) in [6, 6.07) is 5.34. The van der Waals surface area contributed by atoms with E-state index < -0.39 is 12.3 Å². The van der Waals surface area contributed by atoms with E-state index in [1.807, 2.05) is 13.1 Å². The molecule has 2 atom stereocenters. The van der Waals surface area contributed by atoms with Crippen LogP contribution in [0.25, 0.3) is 0 Å². The Hall–Kier alpha value is -2.41. The van der Waals surface area contributed by atoms with Crippen LogP contribution in [0.4, 0.5) is 10.5 Å². The molecule has 0 aromatic heterocycles. The van der Waals surface area contributed by atoms with Crippen molar-refractivity contribution in [2.45, 2.75) is 43.9 Å². The number of nitrogens with zero attached hydrogens (tertiary/aromatic N) is 1. The van der Waals surface area contributed by atoms with Crippen LogP contribution < -0.4 is 9.64 Å². The molecule has 1 saturated carbocycles. The van der Waals surface area contributed by atoms with Gasteiger partial charge in [0, 0.05) is 31.0 Å². The third kappa shape index (κ3) is 2.41. The second-order valence-corrected chi connectivity index (χ2v) is 6.96. The molecule has 1 saturated heterocycles. The van der Waals surface area contributed by atoms with E-state index in [1.165, 1.54) is 0 Å². The van der Waals surface area contributed by atoms with Gasteiger partial charge in [-0.25, -0.2) is 4.79 Å². The van der Waals surface area contributed by atoms with Crippen LogP contribution in [0.3, 0.4) is 0 Å². The summed E-state index contributed by atoms with van der Waals surface area (Å²) in [6.45, 7) is 2.81. The third-order valence-corrected chi connectivity index (χ3v) is 5.38. The summed E-state index contributed by atoms with van der Waals surface area (Å²) in [5.41, 5.74) is 1.93. The topological polar surface area (TPSA) is 82.1 Å². The van der Waals surface area contributed by atoms with Crippen molar-refractivity contribution < 1.29 is 28.6 Å². The van der Waals surface area contributed by atoms with Gasteiger partial charge in [0.05, 0.1) is 6.61 Å². The quantitative estimate of drug-likeness (QED) is 0.460. The Bertz CT molecular complexity index is 759. The number of benzene rings is 1. The number of fused-ring (bicyclic) bond motifs is 3. The van der Waals surface area contributed by atoms with Crippen molar-refractivity contribution >= 4 is 23.4 Å². The monoisotopic (exact) mass is 345 g/mol. The van der Waals surface area contributed by atoms with Gasteiger partial charge in [-0.1, -0.05) is 6.92 Å². The van der Waals surface area contributed by atoms with E-state index >= 15 is 0 Å². The van der Waals surface area contributed by atoms with Crippen LogP contribution in [0, 0.1) is 0 Å². The van der Waals surface area contributed by atoms with Gasteiger partial charge in [0.2, 0.25) is 6.10 Å². The van der Waals surface area contributed by atoms with Crippen LogP contribution in [0.2, 0.25) is 0 Å². The molecule has 0 N–H and O–H groups in total. The van der Waals surface area contributed by atoms with Crippen LogP contribution in [0.5, 0.6) is 5.75 Å². The molecule has 2 fully saturated rings. The SMILES string of the molecule is CN1c2ccc(OC(=O)OC3C(=O)CCC3=O)cc2[C@]2(C)CCO[C@H]12. The van der Waals surface area contributed by atoms with Gasteiger partial charge in [-0.05, 0) is 30.2 Å². The van der Waals surface area contributed by atoms with Crippen LogP contribution in [-0.2, 0) is 24.5 Å². The summed E-state index contributed by atoms with van der Waals surface area (Å²) < 4.78 is 15.9.